The van der Waals surface area contributed by atoms with Crippen molar-refractivity contribution < 1.29 is 0 Å². The maximum absolute atomic E-state index is 2.62. The summed E-state index contributed by atoms with van der Waals surface area (Å²) >= 11 is 3.79. The smallest absolute Gasteiger partial charge is 0.0726 e. The minimum absolute atomic E-state index is 0.240. The maximum Gasteiger partial charge on any atom is 0.0726 e. The molecule has 2 nitrogen and oxygen atoms in total. The monoisotopic (exact) mass is 794 g/mol. The highest BCUT2D eigenvalue weighted by Crippen LogP contribution is 2.62. The number of aryl methyl sites for hydroxylation is 2. The van der Waals surface area contributed by atoms with Crippen molar-refractivity contribution >= 4 is 64.1 Å². The second-order valence-electron chi connectivity index (χ2n) is 16.5. The molecule has 0 bridgehead atoms. The van der Waals surface area contributed by atoms with E-state index in [-0.39, 0.29) is 6.04 Å². The topological polar surface area (TPSA) is 6.48 Å². The van der Waals surface area contributed by atoms with Gasteiger partial charge in [0.05, 0.1) is 28.5 Å². The lowest BCUT2D eigenvalue weighted by molar-refractivity contribution is 0.747. The highest BCUT2D eigenvalue weighted by Gasteiger charge is 2.50. The molecule has 59 heavy (non-hydrogen) atoms. The molecule has 1 atom stereocenters. The Balaban J connectivity index is 1.19. The number of rotatable bonds is 2. The van der Waals surface area contributed by atoms with Crippen LogP contribution in [0, 0.1) is 27.7 Å². The van der Waals surface area contributed by atoms with Gasteiger partial charge < -0.3 is 9.80 Å². The fourth-order valence-corrected chi connectivity index (χ4v) is 12.8. The maximum atomic E-state index is 2.62. The minimum atomic E-state index is -0.597. The number of allylic oxidation sites excluding steroid dienone is 2. The average molecular weight is 795 g/mol. The van der Waals surface area contributed by atoms with Crippen LogP contribution in [0.25, 0.3) is 23.3 Å². The van der Waals surface area contributed by atoms with Gasteiger partial charge in [0.25, 0.3) is 0 Å². The van der Waals surface area contributed by atoms with Crippen LogP contribution in [0.5, 0.6) is 0 Å². The summed E-state index contributed by atoms with van der Waals surface area (Å²) in [7, 11) is 0. The summed E-state index contributed by atoms with van der Waals surface area (Å²) in [6.07, 6.45) is 12.6. The van der Waals surface area contributed by atoms with Crippen molar-refractivity contribution in [2.24, 2.45) is 0 Å². The summed E-state index contributed by atoms with van der Waals surface area (Å²) in [5.41, 5.74) is 21.6. The van der Waals surface area contributed by atoms with E-state index in [2.05, 4.69) is 201 Å². The minimum Gasteiger partial charge on any atom is -0.332 e. The van der Waals surface area contributed by atoms with Crippen molar-refractivity contribution in [1.29, 1.82) is 0 Å². The van der Waals surface area contributed by atoms with Crippen LogP contribution in [0.15, 0.2) is 171 Å². The Morgan fingerprint density at radius 1 is 0.525 bits per heavy atom. The van der Waals surface area contributed by atoms with Gasteiger partial charge in [0.2, 0.25) is 0 Å². The van der Waals surface area contributed by atoms with E-state index in [1.54, 1.807) is 0 Å². The Morgan fingerprint density at radius 3 is 1.66 bits per heavy atom. The molecular weight excluding hydrogens is 753 g/mol. The lowest BCUT2D eigenvalue weighted by Gasteiger charge is -2.42. The van der Waals surface area contributed by atoms with Gasteiger partial charge in [-0.05, 0) is 162 Å². The Bertz CT molecular complexity index is 2950. The molecule has 7 aromatic carbocycles. The third-order valence-corrected chi connectivity index (χ3v) is 15.9. The molecule has 2 heterocycles. The largest absolute Gasteiger partial charge is 0.332 e. The fraction of sp³-hybridized carbons (Fsp3) is 0.127. The number of hydrogen-bond donors (Lipinski definition) is 0. The molecule has 0 radical (unpaired) electrons. The summed E-state index contributed by atoms with van der Waals surface area (Å²) in [5.74, 6) is 0. The van der Waals surface area contributed by atoms with Crippen LogP contribution in [0.4, 0.5) is 28.4 Å². The van der Waals surface area contributed by atoms with E-state index in [4.69, 9.17) is 0 Å². The standard InChI is InChI=1S/C55H42N2S2/c1-33-21-29-41-53(35(33)3)54-36(4)34(2)22-30-42(54)55(41)43-31-39(56-45-13-5-9-17-49(45)58-50-18-10-6-14-46(50)56)27-25-37(43)23-24-38-26-28-40(32-44(38)55)57-47-15-7-11-19-51(47)59-52-20-12-8-16-48(52)57/h5-15,17-32,48H,16H2,1-4H3. The Labute approximate surface area is 355 Å². The van der Waals surface area contributed by atoms with Gasteiger partial charge in [-0.1, -0.05) is 127 Å². The number of para-hydroxylation sites is 3. The van der Waals surface area contributed by atoms with Crippen molar-refractivity contribution in [3.05, 3.63) is 212 Å². The molecule has 0 aromatic heterocycles. The highest BCUT2D eigenvalue weighted by molar-refractivity contribution is 8.03. The second-order valence-corrected chi connectivity index (χ2v) is 18.7. The summed E-state index contributed by atoms with van der Waals surface area (Å²) in [6, 6.07) is 51.2. The van der Waals surface area contributed by atoms with E-state index in [1.807, 2.05) is 23.5 Å². The molecule has 12 rings (SSSR count). The number of anilines is 5. The molecule has 3 aliphatic carbocycles. The zero-order chi connectivity index (χ0) is 39.6. The number of thioether (sulfide) groups is 1. The van der Waals surface area contributed by atoms with Gasteiger partial charge in [-0.25, -0.2) is 0 Å². The molecule has 1 unspecified atom stereocenters. The third kappa shape index (κ3) is 4.91. The molecule has 7 aromatic rings. The zero-order valence-electron chi connectivity index (χ0n) is 33.6. The molecule has 4 heteroatoms. The molecule has 0 N–H and O–H groups in total. The highest BCUT2D eigenvalue weighted by atomic mass is 32.2. The number of hydrogen-bond acceptors (Lipinski definition) is 4. The van der Waals surface area contributed by atoms with Gasteiger partial charge in [0.1, 0.15) is 0 Å². The van der Waals surface area contributed by atoms with E-state index >= 15 is 0 Å². The fourth-order valence-electron chi connectivity index (χ4n) is 10.5. The molecule has 284 valence electrons. The van der Waals surface area contributed by atoms with Crippen molar-refractivity contribution in [2.75, 3.05) is 9.80 Å². The normalized spacial score (nSPS) is 17.2. The van der Waals surface area contributed by atoms with Crippen LogP contribution < -0.4 is 9.80 Å². The molecule has 2 aliphatic heterocycles. The van der Waals surface area contributed by atoms with Crippen LogP contribution in [0.1, 0.15) is 62.1 Å². The number of nitrogens with zero attached hydrogens (tertiary/aromatic N) is 2. The van der Waals surface area contributed by atoms with Gasteiger partial charge >= 0.3 is 0 Å². The molecule has 5 aliphatic rings. The average Bonchev–Trinajstić information content (AvgIpc) is 3.50. The summed E-state index contributed by atoms with van der Waals surface area (Å²) < 4.78 is 0. The van der Waals surface area contributed by atoms with Crippen molar-refractivity contribution in [2.45, 2.75) is 60.3 Å². The lowest BCUT2D eigenvalue weighted by Crippen LogP contribution is -2.36. The molecular formula is C55H42N2S2. The van der Waals surface area contributed by atoms with Gasteiger partial charge in [0.15, 0.2) is 0 Å². The third-order valence-electron chi connectivity index (χ3n) is 13.6. The Kier molecular flexibility index (Phi) is 7.74. The number of fused-ring (bicyclic) bond motifs is 13. The molecule has 0 fully saturated rings. The first kappa shape index (κ1) is 35.0. The van der Waals surface area contributed by atoms with Gasteiger partial charge in [-0.15, -0.1) is 0 Å². The van der Waals surface area contributed by atoms with E-state index in [0.717, 1.165) is 6.42 Å². The Hall–Kier alpha value is -5.94. The van der Waals surface area contributed by atoms with Crippen LogP contribution in [0.2, 0.25) is 0 Å². The first-order chi connectivity index (χ1) is 28.9. The summed E-state index contributed by atoms with van der Waals surface area (Å²) in [5, 5.41) is 0. The van der Waals surface area contributed by atoms with Crippen molar-refractivity contribution in [3.63, 3.8) is 0 Å². The quantitative estimate of drug-likeness (QED) is 0.172. The first-order valence-electron chi connectivity index (χ1n) is 20.7. The van der Waals surface area contributed by atoms with Crippen LogP contribution in [-0.4, -0.2) is 6.04 Å². The van der Waals surface area contributed by atoms with E-state index in [9.17, 15) is 0 Å². The molecule has 1 spiro atoms. The SMILES string of the molecule is Cc1ccc2c(c1C)-c1c(ccc(C)c1C)C21c2cc(N3c4ccccc4Sc4ccccc43)ccc2C=Cc2ccc(N3c4ccccc4SC4=CC=CCC43)cc21. The predicted molar refractivity (Wildman–Crippen MR) is 250 cm³/mol. The predicted octanol–water partition coefficient (Wildman–Crippen LogP) is 15.2. The van der Waals surface area contributed by atoms with Gasteiger partial charge in [-0.3, -0.25) is 0 Å². The van der Waals surface area contributed by atoms with Crippen LogP contribution >= 0.6 is 23.5 Å². The van der Waals surface area contributed by atoms with Crippen molar-refractivity contribution in [1.82, 2.24) is 0 Å². The van der Waals surface area contributed by atoms with Crippen molar-refractivity contribution in [3.8, 4) is 11.1 Å². The summed E-state index contributed by atoms with van der Waals surface area (Å²) in [6.45, 7) is 9.23. The van der Waals surface area contributed by atoms with Gasteiger partial charge in [-0.2, -0.15) is 0 Å². The first-order valence-corrected chi connectivity index (χ1v) is 22.3. The Morgan fingerprint density at radius 2 is 1.05 bits per heavy atom. The molecule has 0 saturated carbocycles. The van der Waals surface area contributed by atoms with Crippen LogP contribution in [-0.2, 0) is 5.41 Å². The summed E-state index contributed by atoms with van der Waals surface area (Å²) in [4.78, 5) is 10.4. The van der Waals surface area contributed by atoms with E-state index < -0.39 is 5.41 Å². The molecule has 0 saturated heterocycles. The zero-order valence-corrected chi connectivity index (χ0v) is 35.2. The molecule has 0 amide bonds. The van der Waals surface area contributed by atoms with E-state index in [1.165, 1.54) is 115 Å². The van der Waals surface area contributed by atoms with Gasteiger partial charge in [0, 0.05) is 31.0 Å². The van der Waals surface area contributed by atoms with Crippen LogP contribution in [0.3, 0.4) is 0 Å². The number of benzene rings is 7. The lowest BCUT2D eigenvalue weighted by atomic mass is 9.65. The van der Waals surface area contributed by atoms with E-state index in [0.29, 0.717) is 0 Å². The second kappa shape index (κ2) is 13.0.